The Morgan fingerprint density at radius 3 is 1.48 bits per heavy atom. The molecule has 0 bridgehead atoms. The van der Waals surface area contributed by atoms with Crippen LogP contribution in [0.5, 0.6) is 0 Å². The van der Waals surface area contributed by atoms with Crippen molar-refractivity contribution in [1.29, 1.82) is 0 Å². The number of fused-ring (bicyclic) bond motifs is 2. The molecule has 1 nitrogen and oxygen atoms in total. The Hall–Kier alpha value is -1.59. The molecule has 2 N–H and O–H groups in total. The molecule has 0 aliphatic heterocycles. The molecule has 0 aliphatic carbocycles. The molecule has 0 aliphatic rings. The van der Waals surface area contributed by atoms with Crippen LogP contribution >= 0.6 is 23.1 Å². The SMILES string of the molecule is NC(=S)[SH](c1cccc2ccccc12)c1cccc2ccccc12.[MgH2]. The summed E-state index contributed by atoms with van der Waals surface area (Å²) in [6.07, 6.45) is 0. The molecule has 0 atom stereocenters. The van der Waals surface area contributed by atoms with Crippen molar-refractivity contribution in [1.82, 2.24) is 0 Å². The van der Waals surface area contributed by atoms with E-state index in [-0.39, 0.29) is 23.1 Å². The molecular weight excluding hydrogens is 355 g/mol. The lowest BCUT2D eigenvalue weighted by Crippen LogP contribution is -2.10. The normalized spacial score (nSPS) is 11.1. The fourth-order valence-corrected chi connectivity index (χ4v) is 5.86. The first-order valence-electron chi connectivity index (χ1n) is 7.81. The van der Waals surface area contributed by atoms with E-state index in [0.717, 1.165) is 0 Å². The Bertz CT molecular complexity index is 972. The van der Waals surface area contributed by atoms with E-state index in [1.54, 1.807) is 0 Å². The standard InChI is InChI=1S/C21H17NS2.Mg.2H/c22-21(23)24(19-13-5-9-15-7-1-3-11-17(15)19)20-14-6-10-16-8-2-4-12-18(16)20;;;/h1-14,24H,(H2,22,23);;;. The first-order valence-corrected chi connectivity index (χ1v) is 9.56. The first kappa shape index (κ1) is 18.2. The van der Waals surface area contributed by atoms with Gasteiger partial charge in [-0.3, -0.25) is 0 Å². The number of benzene rings is 4. The fraction of sp³-hybridized carbons (Fsp3) is 0. The number of hydrogen-bond acceptors (Lipinski definition) is 1. The molecular formula is C21H19MgNS2. The van der Waals surface area contributed by atoms with Gasteiger partial charge in [0, 0.05) is 9.79 Å². The lowest BCUT2D eigenvalue weighted by molar-refractivity contribution is 1.48. The van der Waals surface area contributed by atoms with Gasteiger partial charge in [0.1, 0.15) is 4.32 Å². The van der Waals surface area contributed by atoms with Gasteiger partial charge in [0.15, 0.2) is 0 Å². The Morgan fingerprint density at radius 1 is 0.640 bits per heavy atom. The summed E-state index contributed by atoms with van der Waals surface area (Å²) in [6.45, 7) is 0. The fourth-order valence-electron chi connectivity index (χ4n) is 3.17. The van der Waals surface area contributed by atoms with Crippen molar-refractivity contribution < 1.29 is 0 Å². The highest BCUT2D eigenvalue weighted by atomic mass is 32.2. The maximum atomic E-state index is 6.24. The van der Waals surface area contributed by atoms with Gasteiger partial charge in [-0.25, -0.2) is 0 Å². The van der Waals surface area contributed by atoms with E-state index in [2.05, 4.69) is 84.9 Å². The van der Waals surface area contributed by atoms with Gasteiger partial charge in [0.05, 0.1) is 0 Å². The number of thiocarbonyl (C=S) groups is 1. The second-order valence-electron chi connectivity index (χ2n) is 5.67. The van der Waals surface area contributed by atoms with Gasteiger partial charge in [-0.05, 0) is 33.7 Å². The van der Waals surface area contributed by atoms with E-state index in [9.17, 15) is 0 Å². The Kier molecular flexibility index (Phi) is 5.64. The van der Waals surface area contributed by atoms with Crippen molar-refractivity contribution in [3.8, 4) is 0 Å². The molecule has 0 saturated carbocycles. The van der Waals surface area contributed by atoms with E-state index in [1.807, 2.05) is 0 Å². The molecule has 4 heteroatoms. The van der Waals surface area contributed by atoms with Crippen LogP contribution in [0, 0.1) is 0 Å². The summed E-state index contributed by atoms with van der Waals surface area (Å²) >= 11 is 5.51. The molecule has 4 rings (SSSR count). The van der Waals surface area contributed by atoms with Crippen molar-refractivity contribution in [3.63, 3.8) is 0 Å². The monoisotopic (exact) mass is 373 g/mol. The van der Waals surface area contributed by atoms with Crippen molar-refractivity contribution in [2.45, 2.75) is 9.79 Å². The number of rotatable bonds is 2. The van der Waals surface area contributed by atoms with Gasteiger partial charge in [-0.1, -0.05) is 85.0 Å². The number of thiol groups is 1. The third-order valence-electron chi connectivity index (χ3n) is 4.24. The molecule has 4 aromatic rings. The lowest BCUT2D eigenvalue weighted by atomic mass is 10.1. The van der Waals surface area contributed by atoms with Crippen LogP contribution < -0.4 is 5.73 Å². The average Bonchev–Trinajstić information content (AvgIpc) is 2.62. The topological polar surface area (TPSA) is 26.0 Å². The van der Waals surface area contributed by atoms with Gasteiger partial charge in [0.25, 0.3) is 0 Å². The number of nitrogens with two attached hydrogens (primary N) is 1. The van der Waals surface area contributed by atoms with E-state index >= 15 is 0 Å². The molecule has 0 heterocycles. The van der Waals surface area contributed by atoms with Crippen LogP contribution in [0.4, 0.5) is 0 Å². The minimum Gasteiger partial charge on any atom is -0.386 e. The third-order valence-corrected chi connectivity index (χ3v) is 6.97. The van der Waals surface area contributed by atoms with Gasteiger partial charge in [-0.15, -0.1) is 10.9 Å². The maximum absolute atomic E-state index is 6.24. The summed E-state index contributed by atoms with van der Waals surface area (Å²) in [4.78, 5) is 2.46. The first-order chi connectivity index (χ1) is 11.8. The molecule has 4 aromatic carbocycles. The molecule has 0 unspecified atom stereocenters. The van der Waals surface area contributed by atoms with E-state index in [0.29, 0.717) is 4.32 Å². The second-order valence-corrected chi connectivity index (χ2v) is 8.53. The minimum atomic E-state index is -0.900. The third kappa shape index (κ3) is 3.40. The zero-order valence-electron chi connectivity index (χ0n) is 13.0. The van der Waals surface area contributed by atoms with Crippen molar-refractivity contribution in [2.24, 2.45) is 5.73 Å². The van der Waals surface area contributed by atoms with Crippen LogP contribution in [0.15, 0.2) is 94.7 Å². The highest BCUT2D eigenvalue weighted by molar-refractivity contribution is 8.36. The maximum Gasteiger partial charge on any atom is 0.316 e. The summed E-state index contributed by atoms with van der Waals surface area (Å²) in [7, 11) is -0.900. The minimum absolute atomic E-state index is 0. The lowest BCUT2D eigenvalue weighted by Gasteiger charge is -2.24. The summed E-state index contributed by atoms with van der Waals surface area (Å²) in [5, 5.41) is 4.90. The van der Waals surface area contributed by atoms with Crippen molar-refractivity contribution >= 4 is 72.0 Å². The van der Waals surface area contributed by atoms with Gasteiger partial charge < -0.3 is 5.73 Å². The predicted molar refractivity (Wildman–Crippen MR) is 119 cm³/mol. The largest absolute Gasteiger partial charge is 0.386 e. The van der Waals surface area contributed by atoms with Crippen LogP contribution in [-0.4, -0.2) is 27.4 Å². The molecule has 0 amide bonds. The van der Waals surface area contributed by atoms with Crippen LogP contribution in [0.25, 0.3) is 21.5 Å². The zero-order chi connectivity index (χ0) is 16.5. The zero-order valence-corrected chi connectivity index (χ0v) is 14.7. The molecule has 0 saturated heterocycles. The molecule has 0 radical (unpaired) electrons. The van der Waals surface area contributed by atoms with Crippen LogP contribution in [0.1, 0.15) is 0 Å². The highest BCUT2D eigenvalue weighted by Gasteiger charge is 2.17. The molecule has 0 spiro atoms. The molecule has 0 fully saturated rings. The molecule has 0 aromatic heterocycles. The molecule has 25 heavy (non-hydrogen) atoms. The van der Waals surface area contributed by atoms with Gasteiger partial charge in [-0.2, -0.15) is 0 Å². The van der Waals surface area contributed by atoms with E-state index < -0.39 is 10.9 Å². The summed E-state index contributed by atoms with van der Waals surface area (Å²) in [5.74, 6) is 0. The van der Waals surface area contributed by atoms with Crippen molar-refractivity contribution in [2.75, 3.05) is 0 Å². The predicted octanol–water partition coefficient (Wildman–Crippen LogP) is 4.74. The van der Waals surface area contributed by atoms with Crippen LogP contribution in [-0.2, 0) is 0 Å². The summed E-state index contributed by atoms with van der Waals surface area (Å²) < 4.78 is 0.567. The average molecular weight is 374 g/mol. The highest BCUT2D eigenvalue weighted by Crippen LogP contribution is 2.49. The number of hydrogen-bond donors (Lipinski definition) is 2. The Balaban J connectivity index is 0.00000182. The van der Waals surface area contributed by atoms with Crippen molar-refractivity contribution in [3.05, 3.63) is 84.9 Å². The molecule has 122 valence electrons. The van der Waals surface area contributed by atoms with Crippen LogP contribution in [0.3, 0.4) is 0 Å². The summed E-state index contributed by atoms with van der Waals surface area (Å²) in [5.41, 5.74) is 6.24. The second kappa shape index (κ2) is 7.75. The smallest absolute Gasteiger partial charge is 0.316 e. The van der Waals surface area contributed by atoms with E-state index in [4.69, 9.17) is 18.0 Å². The van der Waals surface area contributed by atoms with Gasteiger partial charge in [0.2, 0.25) is 0 Å². The van der Waals surface area contributed by atoms with E-state index in [1.165, 1.54) is 31.3 Å². The Labute approximate surface area is 171 Å². The Morgan fingerprint density at radius 2 is 1.04 bits per heavy atom. The van der Waals surface area contributed by atoms with Crippen LogP contribution in [0.2, 0.25) is 0 Å². The quantitative estimate of drug-likeness (QED) is 0.301. The van der Waals surface area contributed by atoms with Gasteiger partial charge >= 0.3 is 23.1 Å². The summed E-state index contributed by atoms with van der Waals surface area (Å²) in [6, 6.07) is 29.6.